The Morgan fingerprint density at radius 3 is 2.45 bits per heavy atom. The maximum absolute atomic E-state index is 12.4. The second-order valence-electron chi connectivity index (χ2n) is 5.16. The minimum absolute atomic E-state index is 0.0228. The molecule has 118 valence electrons. The van der Waals surface area contributed by atoms with E-state index < -0.39 is 17.4 Å². The lowest BCUT2D eigenvalue weighted by Gasteiger charge is -2.20. The SMILES string of the molecule is CC(=O)NC(C)(C)c1noc(-c2ccc(C(F)(F)F)nc2)n1. The third kappa shape index (κ3) is 3.41. The van der Waals surface area contributed by atoms with Crippen molar-refractivity contribution in [1.82, 2.24) is 20.4 Å². The van der Waals surface area contributed by atoms with E-state index in [0.29, 0.717) is 0 Å². The molecule has 0 aromatic carbocycles. The van der Waals surface area contributed by atoms with E-state index in [4.69, 9.17) is 4.52 Å². The summed E-state index contributed by atoms with van der Waals surface area (Å²) in [5, 5.41) is 6.38. The number of amides is 1. The Morgan fingerprint density at radius 1 is 1.27 bits per heavy atom. The van der Waals surface area contributed by atoms with Gasteiger partial charge in [0.2, 0.25) is 5.91 Å². The second-order valence-corrected chi connectivity index (χ2v) is 5.16. The van der Waals surface area contributed by atoms with Crippen LogP contribution in [0, 0.1) is 0 Å². The minimum atomic E-state index is -4.51. The fourth-order valence-corrected chi connectivity index (χ4v) is 1.78. The largest absolute Gasteiger partial charge is 0.433 e. The summed E-state index contributed by atoms with van der Waals surface area (Å²) in [7, 11) is 0. The predicted molar refractivity (Wildman–Crippen MR) is 69.4 cm³/mol. The number of nitrogens with one attached hydrogen (secondary N) is 1. The third-order valence-electron chi connectivity index (χ3n) is 2.77. The first-order valence-corrected chi connectivity index (χ1v) is 6.26. The zero-order chi connectivity index (χ0) is 16.5. The molecule has 9 heteroatoms. The molecule has 0 unspecified atom stereocenters. The number of hydrogen-bond acceptors (Lipinski definition) is 5. The fraction of sp³-hybridized carbons (Fsp3) is 0.385. The molecule has 0 aliphatic heterocycles. The van der Waals surface area contributed by atoms with Gasteiger partial charge in [-0.25, -0.2) is 0 Å². The number of aromatic nitrogens is 3. The van der Waals surface area contributed by atoms with Crippen molar-refractivity contribution in [3.05, 3.63) is 29.8 Å². The fourth-order valence-electron chi connectivity index (χ4n) is 1.78. The Balaban J connectivity index is 2.27. The average Bonchev–Trinajstić information content (AvgIpc) is 2.86. The first-order valence-electron chi connectivity index (χ1n) is 6.26. The Hall–Kier alpha value is -2.45. The molecule has 0 spiro atoms. The van der Waals surface area contributed by atoms with Gasteiger partial charge in [-0.05, 0) is 26.0 Å². The quantitative estimate of drug-likeness (QED) is 0.941. The number of hydrogen-bond donors (Lipinski definition) is 1. The van der Waals surface area contributed by atoms with Gasteiger partial charge < -0.3 is 9.84 Å². The lowest BCUT2D eigenvalue weighted by atomic mass is 10.1. The van der Waals surface area contributed by atoms with Crippen molar-refractivity contribution in [2.45, 2.75) is 32.5 Å². The molecule has 6 nitrogen and oxygen atoms in total. The highest BCUT2D eigenvalue weighted by Crippen LogP contribution is 2.29. The molecule has 0 fully saturated rings. The first kappa shape index (κ1) is 15.9. The number of halogens is 3. The molecule has 2 rings (SSSR count). The van der Waals surface area contributed by atoms with Gasteiger partial charge in [0.15, 0.2) is 5.82 Å². The molecule has 2 heterocycles. The number of alkyl halides is 3. The van der Waals surface area contributed by atoms with Crippen molar-refractivity contribution in [2.75, 3.05) is 0 Å². The lowest BCUT2D eigenvalue weighted by molar-refractivity contribution is -0.141. The van der Waals surface area contributed by atoms with Gasteiger partial charge in [-0.1, -0.05) is 5.16 Å². The lowest BCUT2D eigenvalue weighted by Crippen LogP contribution is -2.40. The Labute approximate surface area is 123 Å². The zero-order valence-corrected chi connectivity index (χ0v) is 12.0. The number of nitrogens with zero attached hydrogens (tertiary/aromatic N) is 3. The van der Waals surface area contributed by atoms with E-state index >= 15 is 0 Å². The van der Waals surface area contributed by atoms with Crippen molar-refractivity contribution < 1.29 is 22.5 Å². The molecule has 22 heavy (non-hydrogen) atoms. The molecule has 0 aliphatic carbocycles. The van der Waals surface area contributed by atoms with Crippen LogP contribution in [-0.2, 0) is 16.5 Å². The summed E-state index contributed by atoms with van der Waals surface area (Å²) in [6.07, 6.45) is -3.50. The molecular weight excluding hydrogens is 301 g/mol. The van der Waals surface area contributed by atoms with Crippen LogP contribution in [0.1, 0.15) is 32.3 Å². The van der Waals surface area contributed by atoms with Crippen LogP contribution in [0.25, 0.3) is 11.5 Å². The molecule has 2 aromatic heterocycles. The summed E-state index contributed by atoms with van der Waals surface area (Å²) >= 11 is 0. The summed E-state index contributed by atoms with van der Waals surface area (Å²) in [5.41, 5.74) is -1.62. The first-order chi connectivity index (χ1) is 10.1. The topological polar surface area (TPSA) is 80.9 Å². The molecule has 2 aromatic rings. The predicted octanol–water partition coefficient (Wildman–Crippen LogP) is 2.52. The Kier molecular flexibility index (Phi) is 3.90. The maximum Gasteiger partial charge on any atom is 0.433 e. The van der Waals surface area contributed by atoms with E-state index in [1.807, 2.05) is 0 Å². The van der Waals surface area contributed by atoms with E-state index in [9.17, 15) is 18.0 Å². The van der Waals surface area contributed by atoms with Gasteiger partial charge in [0.05, 0.1) is 11.1 Å². The van der Waals surface area contributed by atoms with Crippen molar-refractivity contribution in [3.8, 4) is 11.5 Å². The Bertz CT molecular complexity index is 677. The molecule has 0 atom stereocenters. The van der Waals surface area contributed by atoms with Crippen LogP contribution in [-0.4, -0.2) is 21.0 Å². The highest BCUT2D eigenvalue weighted by Gasteiger charge is 2.32. The highest BCUT2D eigenvalue weighted by molar-refractivity contribution is 5.73. The van der Waals surface area contributed by atoms with Crippen molar-refractivity contribution in [2.24, 2.45) is 0 Å². The van der Waals surface area contributed by atoms with E-state index in [2.05, 4.69) is 20.4 Å². The van der Waals surface area contributed by atoms with Crippen molar-refractivity contribution in [1.29, 1.82) is 0 Å². The van der Waals surface area contributed by atoms with Gasteiger partial charge >= 0.3 is 6.18 Å². The number of rotatable bonds is 3. The van der Waals surface area contributed by atoms with Crippen LogP contribution >= 0.6 is 0 Å². The molecule has 0 radical (unpaired) electrons. The molecule has 0 saturated carbocycles. The number of pyridine rings is 1. The summed E-state index contributed by atoms with van der Waals surface area (Å²) in [6, 6.07) is 2.02. The highest BCUT2D eigenvalue weighted by atomic mass is 19.4. The maximum atomic E-state index is 12.4. The monoisotopic (exact) mass is 314 g/mol. The zero-order valence-electron chi connectivity index (χ0n) is 12.0. The normalized spacial score (nSPS) is 12.3. The van der Waals surface area contributed by atoms with Crippen LogP contribution in [0.3, 0.4) is 0 Å². The van der Waals surface area contributed by atoms with E-state index in [0.717, 1.165) is 12.3 Å². The molecule has 0 aliphatic rings. The van der Waals surface area contributed by atoms with Crippen LogP contribution in [0.15, 0.2) is 22.9 Å². The van der Waals surface area contributed by atoms with E-state index in [1.165, 1.54) is 13.0 Å². The molecular formula is C13H13F3N4O2. The van der Waals surface area contributed by atoms with E-state index in [1.54, 1.807) is 13.8 Å². The molecule has 1 amide bonds. The van der Waals surface area contributed by atoms with Crippen LogP contribution < -0.4 is 5.32 Å². The standard InChI is InChI=1S/C13H13F3N4O2/c1-7(21)19-12(2,3)11-18-10(22-20-11)8-4-5-9(17-6-8)13(14,15)16/h4-6H,1-3H3,(H,19,21). The summed E-state index contributed by atoms with van der Waals surface area (Å²) in [4.78, 5) is 18.5. The van der Waals surface area contributed by atoms with Crippen molar-refractivity contribution >= 4 is 5.91 Å². The van der Waals surface area contributed by atoms with Gasteiger partial charge in [0.25, 0.3) is 5.89 Å². The van der Waals surface area contributed by atoms with Crippen LogP contribution in [0.5, 0.6) is 0 Å². The second kappa shape index (κ2) is 5.39. The number of carbonyl (C=O) groups excluding carboxylic acids is 1. The molecule has 0 bridgehead atoms. The smallest absolute Gasteiger partial charge is 0.344 e. The van der Waals surface area contributed by atoms with Crippen molar-refractivity contribution in [3.63, 3.8) is 0 Å². The summed E-state index contributed by atoms with van der Waals surface area (Å²) in [5.74, 6) is -0.0419. The molecule has 1 N–H and O–H groups in total. The van der Waals surface area contributed by atoms with Crippen LogP contribution in [0.4, 0.5) is 13.2 Å². The number of carbonyl (C=O) groups is 1. The van der Waals surface area contributed by atoms with E-state index in [-0.39, 0.29) is 23.2 Å². The van der Waals surface area contributed by atoms with Gasteiger partial charge in [-0.3, -0.25) is 9.78 Å². The Morgan fingerprint density at radius 2 is 1.95 bits per heavy atom. The van der Waals surface area contributed by atoms with Gasteiger partial charge in [-0.15, -0.1) is 0 Å². The third-order valence-corrected chi connectivity index (χ3v) is 2.77. The summed E-state index contributed by atoms with van der Waals surface area (Å²) in [6.45, 7) is 4.70. The molecule has 0 saturated heterocycles. The van der Waals surface area contributed by atoms with Gasteiger partial charge in [0, 0.05) is 13.1 Å². The van der Waals surface area contributed by atoms with Crippen LogP contribution in [0.2, 0.25) is 0 Å². The average molecular weight is 314 g/mol. The minimum Gasteiger partial charge on any atom is -0.344 e. The van der Waals surface area contributed by atoms with Gasteiger partial charge in [-0.2, -0.15) is 18.2 Å². The summed E-state index contributed by atoms with van der Waals surface area (Å²) < 4.78 is 42.4. The van der Waals surface area contributed by atoms with Gasteiger partial charge in [0.1, 0.15) is 5.69 Å².